The maximum atomic E-state index is 13.9. The molecule has 1 spiro atoms. The molecule has 1 aromatic rings. The van der Waals surface area contributed by atoms with Crippen LogP contribution in [0.15, 0.2) is 18.2 Å². The van der Waals surface area contributed by atoms with E-state index in [2.05, 4.69) is 10.2 Å². The molecule has 3 unspecified atom stereocenters. The SMILES string of the molecule is COCCOC(=O)N1C2CCC1CC(N1CCC3(CC1)CNc1ccc(F)cc13)C2.CS(=O)O. The zero-order valence-electron chi connectivity index (χ0n) is 20.0. The third-order valence-corrected chi connectivity index (χ3v) is 7.87. The summed E-state index contributed by atoms with van der Waals surface area (Å²) in [5, 5.41) is 3.49. The molecule has 190 valence electrons. The molecular formula is C24H36FN3O5S. The number of carbonyl (C=O) groups is 1. The molecule has 4 heterocycles. The van der Waals surface area contributed by atoms with Gasteiger partial charge in [-0.1, -0.05) is 0 Å². The average molecular weight is 498 g/mol. The molecule has 2 bridgehead atoms. The van der Waals surface area contributed by atoms with Gasteiger partial charge >= 0.3 is 6.09 Å². The zero-order chi connectivity index (χ0) is 24.3. The highest BCUT2D eigenvalue weighted by Gasteiger charge is 2.48. The van der Waals surface area contributed by atoms with Crippen molar-refractivity contribution >= 4 is 22.9 Å². The largest absolute Gasteiger partial charge is 0.447 e. The van der Waals surface area contributed by atoms with E-state index in [-0.39, 0.29) is 17.3 Å². The van der Waals surface area contributed by atoms with Gasteiger partial charge in [-0.05, 0) is 75.4 Å². The summed E-state index contributed by atoms with van der Waals surface area (Å²) in [5.74, 6) is -0.138. The van der Waals surface area contributed by atoms with Crippen LogP contribution < -0.4 is 5.32 Å². The maximum absolute atomic E-state index is 13.9. The number of fused-ring (bicyclic) bond motifs is 4. The van der Waals surface area contributed by atoms with Crippen LogP contribution in [0.1, 0.15) is 44.1 Å². The summed E-state index contributed by atoms with van der Waals surface area (Å²) < 4.78 is 40.9. The zero-order valence-corrected chi connectivity index (χ0v) is 20.8. The van der Waals surface area contributed by atoms with E-state index in [0.29, 0.717) is 31.3 Å². The molecule has 2 N–H and O–H groups in total. The number of hydrogen-bond donors (Lipinski definition) is 2. The van der Waals surface area contributed by atoms with Gasteiger partial charge in [0.15, 0.2) is 0 Å². The minimum absolute atomic E-state index is 0.0682. The Hall–Kier alpha value is -1.75. The molecule has 34 heavy (non-hydrogen) atoms. The second-order valence-corrected chi connectivity index (χ2v) is 10.7. The fraction of sp³-hybridized carbons (Fsp3) is 0.708. The molecule has 1 aromatic carbocycles. The van der Waals surface area contributed by atoms with Gasteiger partial charge in [0.2, 0.25) is 0 Å². The molecule has 3 fully saturated rings. The molecular weight excluding hydrogens is 461 g/mol. The molecule has 10 heteroatoms. The quantitative estimate of drug-likeness (QED) is 0.488. The molecule has 3 atom stereocenters. The van der Waals surface area contributed by atoms with Gasteiger partial charge in [0.25, 0.3) is 0 Å². The predicted molar refractivity (Wildman–Crippen MR) is 129 cm³/mol. The third kappa shape index (κ3) is 5.40. The Balaban J connectivity index is 0.000000636. The number of halogens is 1. The monoisotopic (exact) mass is 497 g/mol. The van der Waals surface area contributed by atoms with Gasteiger partial charge in [0.05, 0.1) is 6.61 Å². The van der Waals surface area contributed by atoms with E-state index < -0.39 is 11.1 Å². The number of piperidine rings is 2. The number of methoxy groups -OCH3 is 1. The van der Waals surface area contributed by atoms with E-state index >= 15 is 0 Å². The molecule has 5 rings (SSSR count). The Morgan fingerprint density at radius 3 is 2.47 bits per heavy atom. The van der Waals surface area contributed by atoms with Crippen molar-refractivity contribution in [3.8, 4) is 0 Å². The first-order valence-electron chi connectivity index (χ1n) is 12.1. The summed E-state index contributed by atoms with van der Waals surface area (Å²) in [6.45, 7) is 3.75. The van der Waals surface area contributed by atoms with Gasteiger partial charge in [-0.2, -0.15) is 0 Å². The Labute approximate surface area is 203 Å². The number of carbonyl (C=O) groups excluding carboxylic acids is 1. The number of benzene rings is 1. The van der Waals surface area contributed by atoms with Crippen molar-refractivity contribution in [2.75, 3.05) is 51.5 Å². The van der Waals surface area contributed by atoms with Crippen LogP contribution >= 0.6 is 0 Å². The minimum atomic E-state index is -1.61. The van der Waals surface area contributed by atoms with Gasteiger partial charge in [0, 0.05) is 49.1 Å². The predicted octanol–water partition coefficient (Wildman–Crippen LogP) is 3.20. The van der Waals surface area contributed by atoms with Crippen LogP contribution in [0.3, 0.4) is 0 Å². The number of anilines is 1. The van der Waals surface area contributed by atoms with Crippen LogP contribution in [-0.4, -0.2) is 89.0 Å². The number of hydrogen-bond acceptors (Lipinski definition) is 6. The Kier molecular flexibility index (Phi) is 8.12. The lowest BCUT2D eigenvalue weighted by molar-refractivity contribution is 0.0198. The first-order chi connectivity index (χ1) is 16.3. The molecule has 0 aliphatic carbocycles. The van der Waals surface area contributed by atoms with Crippen molar-refractivity contribution in [1.29, 1.82) is 0 Å². The summed E-state index contributed by atoms with van der Waals surface area (Å²) in [6.07, 6.45) is 7.37. The lowest BCUT2D eigenvalue weighted by Crippen LogP contribution is -2.55. The van der Waals surface area contributed by atoms with Crippen LogP contribution in [0, 0.1) is 5.82 Å². The molecule has 1 amide bonds. The Bertz CT molecular complexity index is 877. The summed E-state index contributed by atoms with van der Waals surface area (Å²) in [6, 6.07) is 6.28. The molecule has 0 saturated carbocycles. The average Bonchev–Trinajstić information content (AvgIpc) is 3.28. The lowest BCUT2D eigenvalue weighted by Gasteiger charge is -2.47. The lowest BCUT2D eigenvalue weighted by atomic mass is 9.73. The molecule has 4 aliphatic rings. The summed E-state index contributed by atoms with van der Waals surface area (Å²) in [5.41, 5.74) is 2.33. The van der Waals surface area contributed by atoms with E-state index in [1.807, 2.05) is 11.0 Å². The second-order valence-electron chi connectivity index (χ2n) is 9.81. The van der Waals surface area contributed by atoms with Crippen molar-refractivity contribution in [3.05, 3.63) is 29.6 Å². The normalized spacial score (nSPS) is 28.0. The molecule has 8 nitrogen and oxygen atoms in total. The number of nitrogens with one attached hydrogen (secondary N) is 1. The Morgan fingerprint density at radius 1 is 1.21 bits per heavy atom. The van der Waals surface area contributed by atoms with Crippen molar-refractivity contribution in [3.63, 3.8) is 0 Å². The number of nitrogens with zero attached hydrogens (tertiary/aromatic N) is 2. The van der Waals surface area contributed by atoms with Gasteiger partial charge in [-0.15, -0.1) is 0 Å². The highest BCUT2D eigenvalue weighted by molar-refractivity contribution is 7.78. The topological polar surface area (TPSA) is 91.3 Å². The number of amides is 1. The minimum Gasteiger partial charge on any atom is -0.447 e. The third-order valence-electron chi connectivity index (χ3n) is 7.87. The van der Waals surface area contributed by atoms with Crippen molar-refractivity contribution in [2.24, 2.45) is 0 Å². The fourth-order valence-electron chi connectivity index (χ4n) is 6.26. The van der Waals surface area contributed by atoms with Gasteiger partial charge in [-0.25, -0.2) is 13.4 Å². The molecule has 0 aromatic heterocycles. The maximum Gasteiger partial charge on any atom is 0.410 e. The van der Waals surface area contributed by atoms with E-state index in [1.165, 1.54) is 6.26 Å². The first kappa shape index (κ1) is 25.3. The van der Waals surface area contributed by atoms with E-state index in [1.54, 1.807) is 19.2 Å². The fourth-order valence-corrected chi connectivity index (χ4v) is 6.26. The second kappa shape index (κ2) is 10.9. The molecule has 3 saturated heterocycles. The van der Waals surface area contributed by atoms with E-state index in [9.17, 15) is 9.18 Å². The van der Waals surface area contributed by atoms with Crippen LogP contribution in [-0.2, 0) is 26.0 Å². The van der Waals surface area contributed by atoms with E-state index in [4.69, 9.17) is 18.2 Å². The van der Waals surface area contributed by atoms with Gasteiger partial charge in [-0.3, -0.25) is 0 Å². The number of ether oxygens (including phenoxy) is 2. The Morgan fingerprint density at radius 2 is 1.85 bits per heavy atom. The number of likely N-dealkylation sites (tertiary alicyclic amines) is 1. The van der Waals surface area contributed by atoms with Crippen LogP contribution in [0.25, 0.3) is 0 Å². The first-order valence-corrected chi connectivity index (χ1v) is 13.6. The summed E-state index contributed by atoms with van der Waals surface area (Å²) >= 11 is -1.61. The van der Waals surface area contributed by atoms with Crippen molar-refractivity contribution in [2.45, 2.75) is 62.1 Å². The van der Waals surface area contributed by atoms with Crippen LogP contribution in [0.2, 0.25) is 0 Å². The van der Waals surface area contributed by atoms with Crippen LogP contribution in [0.4, 0.5) is 14.9 Å². The smallest absolute Gasteiger partial charge is 0.410 e. The van der Waals surface area contributed by atoms with Gasteiger partial charge in [0.1, 0.15) is 23.5 Å². The molecule has 4 aliphatic heterocycles. The van der Waals surface area contributed by atoms with E-state index in [0.717, 1.165) is 69.4 Å². The summed E-state index contributed by atoms with van der Waals surface area (Å²) in [7, 11) is 1.61. The number of rotatable bonds is 4. The van der Waals surface area contributed by atoms with Crippen LogP contribution in [0.5, 0.6) is 0 Å². The highest BCUT2D eigenvalue weighted by Crippen LogP contribution is 2.46. The van der Waals surface area contributed by atoms with Crippen molar-refractivity contribution < 1.29 is 27.4 Å². The standard InChI is InChI=1S/C23H32FN3O3.CH4O2S/c1-29-10-11-30-22(28)27-17-3-4-18(27)14-19(13-17)26-8-6-23(7-9-26)15-25-21-5-2-16(24)12-20(21)23;1-4(2)3/h2,5,12,17-19,25H,3-4,6-11,13-15H2,1H3;1H3,(H,2,3). The van der Waals surface area contributed by atoms with Crippen molar-refractivity contribution in [1.82, 2.24) is 9.80 Å². The molecule has 0 radical (unpaired) electrons. The van der Waals surface area contributed by atoms with Gasteiger partial charge < -0.3 is 29.1 Å². The summed E-state index contributed by atoms with van der Waals surface area (Å²) in [4.78, 5) is 17.2. The highest BCUT2D eigenvalue weighted by atomic mass is 32.2.